The van der Waals surface area contributed by atoms with Gasteiger partial charge in [-0.3, -0.25) is 9.78 Å². The number of amides is 1. The Kier molecular flexibility index (Phi) is 5.00. The highest BCUT2D eigenvalue weighted by Gasteiger charge is 2.23. The Balaban J connectivity index is 1.51. The van der Waals surface area contributed by atoms with Crippen molar-refractivity contribution in [3.05, 3.63) is 48.7 Å². The predicted octanol–water partition coefficient (Wildman–Crippen LogP) is 2.76. The van der Waals surface area contributed by atoms with Crippen molar-refractivity contribution in [3.8, 4) is 5.75 Å². The molecule has 116 valence electrons. The summed E-state index contributed by atoms with van der Waals surface area (Å²) in [6.45, 7) is 1.53. The highest BCUT2D eigenvalue weighted by Crippen LogP contribution is 2.34. The van der Waals surface area contributed by atoms with E-state index in [1.165, 1.54) is 0 Å². The number of hydrogen-bond donors (Lipinski definition) is 0. The summed E-state index contributed by atoms with van der Waals surface area (Å²) < 4.78 is 11.0. The smallest absolute Gasteiger partial charge is 0.260 e. The minimum absolute atomic E-state index is 0.0181. The van der Waals surface area contributed by atoms with Gasteiger partial charge >= 0.3 is 0 Å². The van der Waals surface area contributed by atoms with Crippen molar-refractivity contribution in [2.75, 3.05) is 25.4 Å². The van der Waals surface area contributed by atoms with Crippen LogP contribution in [0.3, 0.4) is 0 Å². The molecule has 0 spiro atoms. The van der Waals surface area contributed by atoms with Crippen LogP contribution >= 0.6 is 11.8 Å². The van der Waals surface area contributed by atoms with Crippen LogP contribution in [0.1, 0.15) is 17.4 Å². The van der Waals surface area contributed by atoms with Crippen molar-refractivity contribution in [2.45, 2.75) is 11.7 Å². The van der Waals surface area contributed by atoms with E-state index in [1.807, 2.05) is 28.8 Å². The van der Waals surface area contributed by atoms with Crippen LogP contribution in [0.25, 0.3) is 0 Å². The zero-order chi connectivity index (χ0) is 15.2. The molecular weight excluding hydrogens is 300 g/mol. The fraction of sp³-hybridized carbons (Fsp3) is 0.375. The van der Waals surface area contributed by atoms with Gasteiger partial charge in [-0.15, -0.1) is 11.8 Å². The Labute approximate surface area is 133 Å². The molecule has 5 nitrogen and oxygen atoms in total. The lowest BCUT2D eigenvalue weighted by atomic mass is 10.2. The molecule has 0 bridgehead atoms. The second kappa shape index (κ2) is 7.35. The lowest BCUT2D eigenvalue weighted by Crippen LogP contribution is -2.36. The van der Waals surface area contributed by atoms with E-state index in [2.05, 4.69) is 4.98 Å². The molecule has 1 aliphatic heterocycles. The lowest BCUT2D eigenvalue weighted by Gasteiger charge is -2.20. The summed E-state index contributed by atoms with van der Waals surface area (Å²) in [5.41, 5.74) is 0. The molecule has 0 radical (unpaired) electrons. The van der Waals surface area contributed by atoms with E-state index in [1.54, 1.807) is 30.8 Å². The maximum absolute atomic E-state index is 12.3. The van der Waals surface area contributed by atoms with Crippen LogP contribution in [-0.4, -0.2) is 41.2 Å². The highest BCUT2D eigenvalue weighted by atomic mass is 32.2. The van der Waals surface area contributed by atoms with Gasteiger partial charge in [0.2, 0.25) is 0 Å². The van der Waals surface area contributed by atoms with Gasteiger partial charge in [0.1, 0.15) is 11.5 Å². The molecule has 2 aromatic heterocycles. The van der Waals surface area contributed by atoms with Gasteiger partial charge in [-0.25, -0.2) is 0 Å². The summed E-state index contributed by atoms with van der Waals surface area (Å²) in [5.74, 6) is 2.54. The summed E-state index contributed by atoms with van der Waals surface area (Å²) in [4.78, 5) is 18.1. The summed E-state index contributed by atoms with van der Waals surface area (Å²) >= 11 is 1.84. The average molecular weight is 318 g/mol. The minimum atomic E-state index is 0.0181. The van der Waals surface area contributed by atoms with Gasteiger partial charge in [0.25, 0.3) is 5.91 Å². The molecule has 0 saturated carbocycles. The predicted molar refractivity (Wildman–Crippen MR) is 84.8 cm³/mol. The van der Waals surface area contributed by atoms with Crippen molar-refractivity contribution in [3.63, 3.8) is 0 Å². The molecule has 22 heavy (non-hydrogen) atoms. The SMILES string of the molecule is O=C(COc1cccnc1)N1CCSC(c2ccco2)CC1. The zero-order valence-electron chi connectivity index (χ0n) is 12.2. The van der Waals surface area contributed by atoms with E-state index in [0.717, 1.165) is 31.0 Å². The number of ether oxygens (including phenoxy) is 1. The fourth-order valence-corrected chi connectivity index (χ4v) is 3.57. The maximum atomic E-state index is 12.3. The molecule has 0 aliphatic carbocycles. The van der Waals surface area contributed by atoms with Crippen LogP contribution in [0, 0.1) is 0 Å². The van der Waals surface area contributed by atoms with E-state index < -0.39 is 0 Å². The summed E-state index contributed by atoms with van der Waals surface area (Å²) in [5, 5.41) is 0.326. The molecule has 1 atom stereocenters. The summed E-state index contributed by atoms with van der Waals surface area (Å²) in [7, 11) is 0. The Morgan fingerprint density at radius 2 is 2.36 bits per heavy atom. The number of carbonyl (C=O) groups excluding carboxylic acids is 1. The van der Waals surface area contributed by atoms with Crippen molar-refractivity contribution in [1.82, 2.24) is 9.88 Å². The molecule has 1 aliphatic rings. The van der Waals surface area contributed by atoms with Gasteiger partial charge in [0.05, 0.1) is 17.7 Å². The molecule has 0 aromatic carbocycles. The monoisotopic (exact) mass is 318 g/mol. The van der Waals surface area contributed by atoms with E-state index in [9.17, 15) is 4.79 Å². The van der Waals surface area contributed by atoms with Crippen molar-refractivity contribution < 1.29 is 13.9 Å². The van der Waals surface area contributed by atoms with E-state index in [0.29, 0.717) is 11.0 Å². The first kappa shape index (κ1) is 15.0. The third kappa shape index (κ3) is 3.82. The Bertz CT molecular complexity index is 589. The van der Waals surface area contributed by atoms with Crippen LogP contribution in [0.15, 0.2) is 47.3 Å². The molecule has 6 heteroatoms. The van der Waals surface area contributed by atoms with Gasteiger partial charge in [-0.05, 0) is 30.7 Å². The number of nitrogens with zero attached hydrogens (tertiary/aromatic N) is 2. The number of pyridine rings is 1. The Morgan fingerprint density at radius 3 is 3.14 bits per heavy atom. The molecule has 2 aromatic rings. The first-order valence-corrected chi connectivity index (χ1v) is 8.33. The largest absolute Gasteiger partial charge is 0.482 e. The molecule has 3 heterocycles. The second-order valence-electron chi connectivity index (χ2n) is 5.02. The molecular formula is C16H18N2O3S. The number of carbonyl (C=O) groups is 1. The summed E-state index contributed by atoms with van der Waals surface area (Å²) in [6, 6.07) is 7.49. The maximum Gasteiger partial charge on any atom is 0.260 e. The van der Waals surface area contributed by atoms with Crippen LogP contribution in [-0.2, 0) is 4.79 Å². The molecule has 1 saturated heterocycles. The van der Waals surface area contributed by atoms with Gasteiger partial charge < -0.3 is 14.1 Å². The van der Waals surface area contributed by atoms with Gasteiger partial charge in [0, 0.05) is 25.0 Å². The Morgan fingerprint density at radius 1 is 1.41 bits per heavy atom. The van der Waals surface area contributed by atoms with Crippen LogP contribution in [0.2, 0.25) is 0 Å². The minimum Gasteiger partial charge on any atom is -0.482 e. The number of furan rings is 1. The van der Waals surface area contributed by atoms with Crippen molar-refractivity contribution in [1.29, 1.82) is 0 Å². The van der Waals surface area contributed by atoms with Crippen molar-refractivity contribution in [2.24, 2.45) is 0 Å². The number of hydrogen-bond acceptors (Lipinski definition) is 5. The summed E-state index contributed by atoms with van der Waals surface area (Å²) in [6.07, 6.45) is 5.89. The van der Waals surface area contributed by atoms with Crippen LogP contribution < -0.4 is 4.74 Å². The third-order valence-corrected chi connectivity index (χ3v) is 4.84. The van der Waals surface area contributed by atoms with Gasteiger partial charge in [-0.1, -0.05) is 0 Å². The third-order valence-electron chi connectivity index (χ3n) is 3.55. The molecule has 1 amide bonds. The highest BCUT2D eigenvalue weighted by molar-refractivity contribution is 7.99. The van der Waals surface area contributed by atoms with Gasteiger partial charge in [-0.2, -0.15) is 0 Å². The second-order valence-corrected chi connectivity index (χ2v) is 6.33. The van der Waals surface area contributed by atoms with Crippen LogP contribution in [0.5, 0.6) is 5.75 Å². The zero-order valence-corrected chi connectivity index (χ0v) is 13.0. The number of aromatic nitrogens is 1. The molecule has 0 N–H and O–H groups in total. The first-order chi connectivity index (χ1) is 10.8. The number of thioether (sulfide) groups is 1. The number of rotatable bonds is 4. The standard InChI is InChI=1S/C16H18N2O3S/c19-16(12-21-13-3-1-6-17-11-13)18-7-5-15(22-10-8-18)14-4-2-9-20-14/h1-4,6,9,11,15H,5,7-8,10,12H2. The van der Waals surface area contributed by atoms with Crippen LogP contribution in [0.4, 0.5) is 0 Å². The normalized spacial score (nSPS) is 18.7. The first-order valence-electron chi connectivity index (χ1n) is 7.28. The van der Waals surface area contributed by atoms with Gasteiger partial charge in [0.15, 0.2) is 6.61 Å². The topological polar surface area (TPSA) is 55.6 Å². The molecule has 3 rings (SSSR count). The quantitative estimate of drug-likeness (QED) is 0.867. The molecule has 1 fully saturated rings. The lowest BCUT2D eigenvalue weighted by molar-refractivity contribution is -0.133. The molecule has 1 unspecified atom stereocenters. The van der Waals surface area contributed by atoms with Crippen molar-refractivity contribution >= 4 is 17.7 Å². The van der Waals surface area contributed by atoms with E-state index in [-0.39, 0.29) is 12.5 Å². The van der Waals surface area contributed by atoms with E-state index in [4.69, 9.17) is 9.15 Å². The Hall–Kier alpha value is -1.95. The average Bonchev–Trinajstić information content (AvgIpc) is 2.98. The van der Waals surface area contributed by atoms with E-state index >= 15 is 0 Å². The fourth-order valence-electron chi connectivity index (χ4n) is 2.39.